The maximum atomic E-state index is 4.21. The van der Waals surface area contributed by atoms with Crippen LogP contribution in [-0.4, -0.2) is 15.7 Å². The topological polar surface area (TPSA) is 53.1 Å². The lowest BCUT2D eigenvalue weighted by molar-refractivity contribution is 1.21. The van der Waals surface area contributed by atoms with Crippen molar-refractivity contribution in [3.05, 3.63) is 48.4 Å². The summed E-state index contributed by atoms with van der Waals surface area (Å²) >= 11 is 0. The molecule has 0 radical (unpaired) electrons. The van der Waals surface area contributed by atoms with Gasteiger partial charge < -0.3 is 4.98 Å². The average molecular weight is 200 g/mol. The third-order valence-electron chi connectivity index (χ3n) is 1.99. The van der Waals surface area contributed by atoms with Gasteiger partial charge in [0.1, 0.15) is 5.82 Å². The van der Waals surface area contributed by atoms with Crippen LogP contribution < -0.4 is 5.43 Å². The van der Waals surface area contributed by atoms with Gasteiger partial charge in [-0.3, -0.25) is 5.43 Å². The molecule has 0 aliphatic rings. The predicted octanol–water partition coefficient (Wildman–Crippen LogP) is 2.25. The van der Waals surface area contributed by atoms with E-state index < -0.39 is 0 Å². The summed E-state index contributed by atoms with van der Waals surface area (Å²) in [6.45, 7) is 1.93. The highest BCUT2D eigenvalue weighted by atomic mass is 15.3. The van der Waals surface area contributed by atoms with Gasteiger partial charge in [-0.15, -0.1) is 0 Å². The van der Waals surface area contributed by atoms with Crippen molar-refractivity contribution in [3.63, 3.8) is 0 Å². The summed E-state index contributed by atoms with van der Waals surface area (Å²) in [4.78, 5) is 7.19. The highest BCUT2D eigenvalue weighted by molar-refractivity contribution is 5.97. The lowest BCUT2D eigenvalue weighted by Gasteiger charge is -2.00. The number of hydrogen-bond acceptors (Lipinski definition) is 3. The van der Waals surface area contributed by atoms with Crippen molar-refractivity contribution in [1.29, 1.82) is 0 Å². The minimum absolute atomic E-state index is 0.739. The first-order valence-corrected chi connectivity index (χ1v) is 4.71. The van der Waals surface area contributed by atoms with Crippen LogP contribution in [0.2, 0.25) is 0 Å². The van der Waals surface area contributed by atoms with Gasteiger partial charge in [0.2, 0.25) is 0 Å². The first-order chi connectivity index (χ1) is 7.36. The Kier molecular flexibility index (Phi) is 2.78. The molecule has 2 aromatic rings. The number of nitrogens with one attached hydrogen (secondary N) is 2. The fourth-order valence-electron chi connectivity index (χ4n) is 1.19. The Labute approximate surface area is 88.1 Å². The van der Waals surface area contributed by atoms with Crippen molar-refractivity contribution >= 4 is 11.5 Å². The molecule has 0 saturated carbocycles. The molecule has 4 heteroatoms. The van der Waals surface area contributed by atoms with Crippen LogP contribution in [0, 0.1) is 0 Å². The molecule has 2 heterocycles. The minimum Gasteiger partial charge on any atom is -0.360 e. The molecule has 0 aromatic carbocycles. The molecule has 0 aliphatic carbocycles. The van der Waals surface area contributed by atoms with Crippen molar-refractivity contribution in [2.75, 3.05) is 5.43 Å². The highest BCUT2D eigenvalue weighted by Gasteiger charge is 1.96. The Hall–Kier alpha value is -2.10. The van der Waals surface area contributed by atoms with Gasteiger partial charge in [-0.1, -0.05) is 6.07 Å². The number of rotatable bonds is 3. The zero-order valence-electron chi connectivity index (χ0n) is 8.44. The Morgan fingerprint density at radius 2 is 2.27 bits per heavy atom. The van der Waals surface area contributed by atoms with E-state index in [1.54, 1.807) is 6.20 Å². The molecule has 4 nitrogen and oxygen atoms in total. The molecule has 0 fully saturated rings. The zero-order chi connectivity index (χ0) is 10.5. The van der Waals surface area contributed by atoms with E-state index in [1.807, 2.05) is 43.5 Å². The quantitative estimate of drug-likeness (QED) is 0.589. The van der Waals surface area contributed by atoms with Crippen LogP contribution in [0.25, 0.3) is 0 Å². The first kappa shape index (κ1) is 9.45. The molecule has 0 spiro atoms. The van der Waals surface area contributed by atoms with E-state index in [9.17, 15) is 0 Å². The molecular formula is C11H12N4. The normalized spacial score (nSPS) is 11.4. The number of aromatic amines is 1. The molecule has 0 bridgehead atoms. The maximum Gasteiger partial charge on any atom is 0.146 e. The first-order valence-electron chi connectivity index (χ1n) is 4.71. The zero-order valence-corrected chi connectivity index (χ0v) is 8.44. The molecular weight excluding hydrogens is 188 g/mol. The largest absolute Gasteiger partial charge is 0.360 e. The lowest BCUT2D eigenvalue weighted by Crippen LogP contribution is -2.00. The summed E-state index contributed by atoms with van der Waals surface area (Å²) in [6, 6.07) is 9.56. The number of aromatic nitrogens is 2. The lowest BCUT2D eigenvalue weighted by atomic mass is 10.3. The number of H-pyrrole nitrogens is 1. The average Bonchev–Trinajstić information content (AvgIpc) is 2.81. The van der Waals surface area contributed by atoms with Crippen LogP contribution in [0.15, 0.2) is 47.8 Å². The second-order valence-corrected chi connectivity index (χ2v) is 3.11. The number of anilines is 1. The fraction of sp³-hybridized carbons (Fsp3) is 0.0909. The van der Waals surface area contributed by atoms with Crippen LogP contribution in [0.3, 0.4) is 0 Å². The van der Waals surface area contributed by atoms with E-state index >= 15 is 0 Å². The van der Waals surface area contributed by atoms with Gasteiger partial charge in [-0.05, 0) is 31.2 Å². The van der Waals surface area contributed by atoms with Gasteiger partial charge >= 0.3 is 0 Å². The van der Waals surface area contributed by atoms with E-state index in [0.717, 1.165) is 17.2 Å². The van der Waals surface area contributed by atoms with E-state index in [-0.39, 0.29) is 0 Å². The summed E-state index contributed by atoms with van der Waals surface area (Å²) in [6.07, 6.45) is 3.59. The fourth-order valence-corrected chi connectivity index (χ4v) is 1.19. The van der Waals surface area contributed by atoms with Gasteiger partial charge in [-0.25, -0.2) is 4.98 Å². The molecule has 0 aliphatic heterocycles. The van der Waals surface area contributed by atoms with Crippen LogP contribution in [-0.2, 0) is 0 Å². The maximum absolute atomic E-state index is 4.21. The Morgan fingerprint density at radius 1 is 1.33 bits per heavy atom. The molecule has 0 amide bonds. The molecule has 2 aromatic heterocycles. The van der Waals surface area contributed by atoms with Gasteiger partial charge in [0.05, 0.1) is 11.4 Å². The third-order valence-corrected chi connectivity index (χ3v) is 1.99. The van der Waals surface area contributed by atoms with Crippen LogP contribution >= 0.6 is 0 Å². The monoisotopic (exact) mass is 200 g/mol. The second kappa shape index (κ2) is 4.41. The Balaban J connectivity index is 2.06. The van der Waals surface area contributed by atoms with E-state index in [1.165, 1.54) is 0 Å². The van der Waals surface area contributed by atoms with Gasteiger partial charge in [0, 0.05) is 12.4 Å². The third kappa shape index (κ3) is 2.43. The van der Waals surface area contributed by atoms with Gasteiger partial charge in [-0.2, -0.15) is 5.10 Å². The number of pyridine rings is 1. The van der Waals surface area contributed by atoms with E-state index in [4.69, 9.17) is 0 Å². The van der Waals surface area contributed by atoms with Crippen LogP contribution in [0.1, 0.15) is 12.6 Å². The summed E-state index contributed by atoms with van der Waals surface area (Å²) in [5.74, 6) is 0.739. The molecule has 76 valence electrons. The standard InChI is InChI=1S/C11H12N4/c1-9(10-5-4-8-12-10)14-15-11-6-2-3-7-13-11/h2-8,12H,1H3,(H,13,15)/b14-9+. The Bertz CT molecular complexity index is 431. The summed E-state index contributed by atoms with van der Waals surface area (Å²) in [5, 5.41) is 4.21. The van der Waals surface area contributed by atoms with E-state index in [0.29, 0.717) is 0 Å². The minimum atomic E-state index is 0.739. The van der Waals surface area contributed by atoms with Crippen LogP contribution in [0.4, 0.5) is 5.82 Å². The SMILES string of the molecule is C/C(=N\Nc1ccccn1)c1ccc[nH]1. The number of hydrogen-bond donors (Lipinski definition) is 2. The molecule has 15 heavy (non-hydrogen) atoms. The molecule has 0 saturated heterocycles. The molecule has 0 unspecified atom stereocenters. The number of hydrazone groups is 1. The summed E-state index contributed by atoms with van der Waals surface area (Å²) in [7, 11) is 0. The van der Waals surface area contributed by atoms with Crippen molar-refractivity contribution in [3.8, 4) is 0 Å². The van der Waals surface area contributed by atoms with Crippen LogP contribution in [0.5, 0.6) is 0 Å². The van der Waals surface area contributed by atoms with Crippen molar-refractivity contribution < 1.29 is 0 Å². The van der Waals surface area contributed by atoms with Crippen molar-refractivity contribution in [2.45, 2.75) is 6.92 Å². The number of nitrogens with zero attached hydrogens (tertiary/aromatic N) is 2. The van der Waals surface area contributed by atoms with Gasteiger partial charge in [0.15, 0.2) is 0 Å². The predicted molar refractivity (Wildman–Crippen MR) is 60.9 cm³/mol. The summed E-state index contributed by atoms with van der Waals surface area (Å²) < 4.78 is 0. The smallest absolute Gasteiger partial charge is 0.146 e. The van der Waals surface area contributed by atoms with Crippen molar-refractivity contribution in [2.24, 2.45) is 5.10 Å². The highest BCUT2D eigenvalue weighted by Crippen LogP contribution is 2.01. The molecule has 2 rings (SSSR count). The second-order valence-electron chi connectivity index (χ2n) is 3.11. The van der Waals surface area contributed by atoms with E-state index in [2.05, 4.69) is 20.5 Å². The van der Waals surface area contributed by atoms with Crippen molar-refractivity contribution in [1.82, 2.24) is 9.97 Å². The Morgan fingerprint density at radius 3 is 2.93 bits per heavy atom. The molecule has 0 atom stereocenters. The summed E-state index contributed by atoms with van der Waals surface area (Å²) in [5.41, 5.74) is 4.78. The molecule has 2 N–H and O–H groups in total. The van der Waals surface area contributed by atoms with Gasteiger partial charge in [0.25, 0.3) is 0 Å².